The van der Waals surface area contributed by atoms with Gasteiger partial charge in [0.2, 0.25) is 5.91 Å². The molecular formula is C15H19N3OS. The molecule has 3 N–H and O–H groups in total. The second-order valence-electron chi connectivity index (χ2n) is 4.66. The first-order valence-electron chi connectivity index (χ1n) is 6.66. The van der Waals surface area contributed by atoms with Crippen LogP contribution < -0.4 is 11.1 Å². The molecule has 1 atom stereocenters. The standard InChI is InChI=1S/C15H19N3OS/c1-3-13-10(2)20-15(17-13)18-14(19)12(16)9-11-7-5-4-6-8-11/h4-8,12H,3,9,16H2,1-2H3,(H,17,18,19)/t12-/m0/s1. The van der Waals surface area contributed by atoms with Gasteiger partial charge in [-0.1, -0.05) is 37.3 Å². The van der Waals surface area contributed by atoms with Gasteiger partial charge < -0.3 is 11.1 Å². The van der Waals surface area contributed by atoms with Crippen LogP contribution in [0.1, 0.15) is 23.1 Å². The molecule has 106 valence electrons. The summed E-state index contributed by atoms with van der Waals surface area (Å²) in [6.07, 6.45) is 1.39. The quantitative estimate of drug-likeness (QED) is 0.888. The summed E-state index contributed by atoms with van der Waals surface area (Å²) in [4.78, 5) is 17.6. The predicted molar refractivity (Wildman–Crippen MR) is 83.0 cm³/mol. The lowest BCUT2D eigenvalue weighted by atomic mass is 10.1. The fourth-order valence-electron chi connectivity index (χ4n) is 1.97. The van der Waals surface area contributed by atoms with Crippen LogP contribution in [0.2, 0.25) is 0 Å². The Morgan fingerprint density at radius 1 is 1.40 bits per heavy atom. The molecule has 20 heavy (non-hydrogen) atoms. The molecule has 0 saturated carbocycles. The van der Waals surface area contributed by atoms with Gasteiger partial charge in [0.15, 0.2) is 5.13 Å². The zero-order valence-electron chi connectivity index (χ0n) is 11.7. The van der Waals surface area contributed by atoms with E-state index in [9.17, 15) is 4.79 Å². The summed E-state index contributed by atoms with van der Waals surface area (Å²) >= 11 is 1.49. The highest BCUT2D eigenvalue weighted by molar-refractivity contribution is 7.15. The SMILES string of the molecule is CCc1nc(NC(=O)[C@@H](N)Cc2ccccc2)sc1C. The molecule has 1 aromatic heterocycles. The maximum atomic E-state index is 12.1. The number of nitrogens with zero attached hydrogens (tertiary/aromatic N) is 1. The van der Waals surface area contributed by atoms with Gasteiger partial charge in [-0.05, 0) is 25.3 Å². The average Bonchev–Trinajstić information content (AvgIpc) is 2.79. The summed E-state index contributed by atoms with van der Waals surface area (Å²) < 4.78 is 0. The van der Waals surface area contributed by atoms with Gasteiger partial charge >= 0.3 is 0 Å². The van der Waals surface area contributed by atoms with E-state index < -0.39 is 6.04 Å². The van der Waals surface area contributed by atoms with E-state index in [-0.39, 0.29) is 5.91 Å². The van der Waals surface area contributed by atoms with E-state index in [4.69, 9.17) is 5.73 Å². The zero-order valence-corrected chi connectivity index (χ0v) is 12.5. The van der Waals surface area contributed by atoms with Crippen LogP contribution in [0.25, 0.3) is 0 Å². The Bertz CT molecular complexity index is 580. The third kappa shape index (κ3) is 3.65. The highest BCUT2D eigenvalue weighted by Gasteiger charge is 2.16. The number of aromatic nitrogens is 1. The van der Waals surface area contributed by atoms with Gasteiger partial charge in [0.1, 0.15) is 0 Å². The molecule has 1 heterocycles. The minimum Gasteiger partial charge on any atom is -0.320 e. The monoisotopic (exact) mass is 289 g/mol. The molecule has 4 nitrogen and oxygen atoms in total. The summed E-state index contributed by atoms with van der Waals surface area (Å²) in [5.41, 5.74) is 8.02. The molecule has 0 radical (unpaired) electrons. The molecule has 1 aromatic carbocycles. The van der Waals surface area contributed by atoms with Crippen molar-refractivity contribution in [1.82, 2.24) is 4.98 Å². The molecule has 2 rings (SSSR count). The molecule has 0 aliphatic heterocycles. The Balaban J connectivity index is 1.97. The van der Waals surface area contributed by atoms with Crippen LogP contribution in [0.5, 0.6) is 0 Å². The number of rotatable bonds is 5. The number of hydrogen-bond acceptors (Lipinski definition) is 4. The van der Waals surface area contributed by atoms with Gasteiger partial charge in [-0.2, -0.15) is 0 Å². The number of thiazole rings is 1. The second-order valence-corrected chi connectivity index (χ2v) is 5.86. The zero-order chi connectivity index (χ0) is 14.5. The van der Waals surface area contributed by atoms with E-state index >= 15 is 0 Å². The van der Waals surface area contributed by atoms with Crippen molar-refractivity contribution in [3.05, 3.63) is 46.5 Å². The lowest BCUT2D eigenvalue weighted by Gasteiger charge is -2.10. The topological polar surface area (TPSA) is 68.0 Å². The Morgan fingerprint density at radius 2 is 2.10 bits per heavy atom. The molecule has 0 fully saturated rings. The number of carbonyl (C=O) groups is 1. The summed E-state index contributed by atoms with van der Waals surface area (Å²) in [7, 11) is 0. The van der Waals surface area contributed by atoms with Gasteiger partial charge in [-0.15, -0.1) is 11.3 Å². The molecule has 0 aliphatic rings. The van der Waals surface area contributed by atoms with Gasteiger partial charge in [0.25, 0.3) is 0 Å². The van der Waals surface area contributed by atoms with Crippen molar-refractivity contribution in [2.24, 2.45) is 5.73 Å². The molecule has 5 heteroatoms. The Kier molecular flexibility index (Phi) is 4.87. The third-order valence-electron chi connectivity index (χ3n) is 3.09. The van der Waals surface area contributed by atoms with Crippen LogP contribution in [-0.4, -0.2) is 16.9 Å². The minimum absolute atomic E-state index is 0.190. The van der Waals surface area contributed by atoms with Crippen LogP contribution in [0.4, 0.5) is 5.13 Å². The fraction of sp³-hybridized carbons (Fsp3) is 0.333. The van der Waals surface area contributed by atoms with E-state index in [1.165, 1.54) is 11.3 Å². The largest absolute Gasteiger partial charge is 0.320 e. The number of aryl methyl sites for hydroxylation is 2. The maximum absolute atomic E-state index is 12.1. The predicted octanol–water partition coefficient (Wildman–Crippen LogP) is 2.52. The van der Waals surface area contributed by atoms with Crippen molar-refractivity contribution >= 4 is 22.4 Å². The highest BCUT2D eigenvalue weighted by atomic mass is 32.1. The van der Waals surface area contributed by atoms with Gasteiger partial charge in [0, 0.05) is 4.88 Å². The van der Waals surface area contributed by atoms with Gasteiger partial charge in [-0.3, -0.25) is 4.79 Å². The van der Waals surface area contributed by atoms with Crippen LogP contribution >= 0.6 is 11.3 Å². The number of benzene rings is 1. The van der Waals surface area contributed by atoms with E-state index in [1.54, 1.807) is 0 Å². The molecule has 2 aromatic rings. The molecule has 0 aliphatic carbocycles. The number of amides is 1. The van der Waals surface area contributed by atoms with E-state index in [0.29, 0.717) is 11.6 Å². The average molecular weight is 289 g/mol. The Morgan fingerprint density at radius 3 is 2.70 bits per heavy atom. The van der Waals surface area contributed by atoms with Crippen molar-refractivity contribution in [2.45, 2.75) is 32.7 Å². The highest BCUT2D eigenvalue weighted by Crippen LogP contribution is 2.22. The normalized spacial score (nSPS) is 12.2. The van der Waals surface area contributed by atoms with Crippen LogP contribution in [0.15, 0.2) is 30.3 Å². The van der Waals surface area contributed by atoms with Crippen molar-refractivity contribution in [3.63, 3.8) is 0 Å². The van der Waals surface area contributed by atoms with Crippen molar-refractivity contribution in [3.8, 4) is 0 Å². The molecule has 0 spiro atoms. The van der Waals surface area contributed by atoms with Crippen LogP contribution in [0.3, 0.4) is 0 Å². The van der Waals surface area contributed by atoms with E-state index in [1.807, 2.05) is 37.3 Å². The molecule has 0 bridgehead atoms. The number of nitrogens with one attached hydrogen (secondary N) is 1. The lowest BCUT2D eigenvalue weighted by Crippen LogP contribution is -2.37. The van der Waals surface area contributed by atoms with Crippen LogP contribution in [0, 0.1) is 6.92 Å². The van der Waals surface area contributed by atoms with Crippen molar-refractivity contribution in [1.29, 1.82) is 0 Å². The number of hydrogen-bond donors (Lipinski definition) is 2. The smallest absolute Gasteiger partial charge is 0.243 e. The van der Waals surface area contributed by atoms with Gasteiger partial charge in [0.05, 0.1) is 11.7 Å². The number of nitrogens with two attached hydrogens (primary N) is 1. The lowest BCUT2D eigenvalue weighted by molar-refractivity contribution is -0.117. The minimum atomic E-state index is -0.563. The molecule has 0 unspecified atom stereocenters. The van der Waals surface area contributed by atoms with E-state index in [2.05, 4.69) is 17.2 Å². The Labute approximate surface area is 123 Å². The summed E-state index contributed by atoms with van der Waals surface area (Å²) in [6.45, 7) is 4.06. The molecule has 1 amide bonds. The third-order valence-corrected chi connectivity index (χ3v) is 4.02. The van der Waals surface area contributed by atoms with Gasteiger partial charge in [-0.25, -0.2) is 4.98 Å². The maximum Gasteiger partial charge on any atom is 0.243 e. The number of anilines is 1. The van der Waals surface area contributed by atoms with Crippen LogP contribution in [-0.2, 0) is 17.6 Å². The van der Waals surface area contributed by atoms with Crippen molar-refractivity contribution in [2.75, 3.05) is 5.32 Å². The summed E-state index contributed by atoms with van der Waals surface area (Å²) in [5.74, 6) is -0.190. The first kappa shape index (κ1) is 14.7. The second kappa shape index (κ2) is 6.63. The summed E-state index contributed by atoms with van der Waals surface area (Å²) in [5, 5.41) is 3.43. The van der Waals surface area contributed by atoms with E-state index in [0.717, 1.165) is 22.6 Å². The van der Waals surface area contributed by atoms with Crippen molar-refractivity contribution < 1.29 is 4.79 Å². The number of carbonyl (C=O) groups excluding carboxylic acids is 1. The first-order chi connectivity index (χ1) is 9.60. The Hall–Kier alpha value is -1.72. The summed E-state index contributed by atoms with van der Waals surface area (Å²) in [6, 6.07) is 9.20. The molecular weight excluding hydrogens is 270 g/mol. The molecule has 0 saturated heterocycles. The first-order valence-corrected chi connectivity index (χ1v) is 7.48. The fourth-order valence-corrected chi connectivity index (χ4v) is 2.87.